The van der Waals surface area contributed by atoms with Crippen LogP contribution in [0.25, 0.3) is 10.8 Å². The average Bonchev–Trinajstić information content (AvgIpc) is 2.36. The van der Waals surface area contributed by atoms with E-state index in [4.69, 9.17) is 9.47 Å². The summed E-state index contributed by atoms with van der Waals surface area (Å²) in [4.78, 5) is 11.2. The van der Waals surface area contributed by atoms with Crippen molar-refractivity contribution in [3.05, 3.63) is 35.9 Å². The van der Waals surface area contributed by atoms with Gasteiger partial charge < -0.3 is 9.47 Å². The summed E-state index contributed by atoms with van der Waals surface area (Å²) in [7, 11) is 1.60. The zero-order valence-corrected chi connectivity index (χ0v) is 10.8. The van der Waals surface area contributed by atoms with Crippen LogP contribution in [0.15, 0.2) is 30.3 Å². The summed E-state index contributed by atoms with van der Waals surface area (Å²) in [6, 6.07) is 9.73. The number of ether oxygens (including phenoxy) is 2. The van der Waals surface area contributed by atoms with E-state index in [1.54, 1.807) is 13.2 Å². The molecule has 0 fully saturated rings. The maximum Gasteiger partial charge on any atom is 0.308 e. The molecule has 0 radical (unpaired) electrons. The molecule has 0 bridgehead atoms. The number of fused-ring (bicyclic) bond motifs is 1. The Bertz CT molecular complexity index is 588. The first-order valence-electron chi connectivity index (χ1n) is 5.93. The maximum absolute atomic E-state index is 11.2. The molecule has 2 rings (SSSR count). The molecule has 0 aliphatic rings. The van der Waals surface area contributed by atoms with Gasteiger partial charge in [0.2, 0.25) is 0 Å². The van der Waals surface area contributed by atoms with Crippen LogP contribution in [-0.2, 0) is 11.2 Å². The topological polar surface area (TPSA) is 35.5 Å². The lowest BCUT2D eigenvalue weighted by molar-refractivity contribution is -0.131. The Morgan fingerprint density at radius 2 is 2.06 bits per heavy atom. The van der Waals surface area contributed by atoms with Crippen LogP contribution in [0.4, 0.5) is 0 Å². The summed E-state index contributed by atoms with van der Waals surface area (Å²) < 4.78 is 10.5. The lowest BCUT2D eigenvalue weighted by atomic mass is 10.0. The van der Waals surface area contributed by atoms with Crippen molar-refractivity contribution in [2.24, 2.45) is 0 Å². The third-order valence-corrected chi connectivity index (χ3v) is 2.87. The van der Waals surface area contributed by atoms with E-state index in [9.17, 15) is 4.79 Å². The number of aryl methyl sites for hydroxylation is 1. The van der Waals surface area contributed by atoms with Crippen LogP contribution >= 0.6 is 0 Å². The van der Waals surface area contributed by atoms with Crippen molar-refractivity contribution < 1.29 is 14.3 Å². The van der Waals surface area contributed by atoms with E-state index in [0.717, 1.165) is 22.8 Å². The third-order valence-electron chi connectivity index (χ3n) is 2.87. The number of methoxy groups -OCH3 is 1. The highest BCUT2D eigenvalue weighted by Gasteiger charge is 2.11. The van der Waals surface area contributed by atoms with Gasteiger partial charge in [0.25, 0.3) is 0 Å². The Balaban J connectivity index is 2.73. The zero-order chi connectivity index (χ0) is 13.1. The Labute approximate surface area is 106 Å². The van der Waals surface area contributed by atoms with Crippen LogP contribution in [0, 0.1) is 0 Å². The van der Waals surface area contributed by atoms with Gasteiger partial charge in [-0.05, 0) is 23.4 Å². The van der Waals surface area contributed by atoms with Gasteiger partial charge in [0.05, 0.1) is 7.11 Å². The molecule has 0 aromatic heterocycles. The quantitative estimate of drug-likeness (QED) is 0.613. The Hall–Kier alpha value is -2.03. The molecule has 0 aliphatic carbocycles. The van der Waals surface area contributed by atoms with Gasteiger partial charge in [-0.2, -0.15) is 0 Å². The fraction of sp³-hybridized carbons (Fsp3) is 0.267. The van der Waals surface area contributed by atoms with Crippen LogP contribution < -0.4 is 9.47 Å². The average molecular weight is 244 g/mol. The molecule has 2 aromatic carbocycles. The van der Waals surface area contributed by atoms with E-state index < -0.39 is 0 Å². The molecule has 0 saturated heterocycles. The second-order valence-corrected chi connectivity index (χ2v) is 4.09. The molecular formula is C15H16O3. The molecule has 0 heterocycles. The summed E-state index contributed by atoms with van der Waals surface area (Å²) in [5.41, 5.74) is 1.16. The fourth-order valence-corrected chi connectivity index (χ4v) is 2.08. The molecule has 0 atom stereocenters. The summed E-state index contributed by atoms with van der Waals surface area (Å²) in [5.74, 6) is 0.928. The largest absolute Gasteiger partial charge is 0.497 e. The predicted octanol–water partition coefficient (Wildman–Crippen LogP) is 3.34. The molecule has 3 heteroatoms. The van der Waals surface area contributed by atoms with Crippen molar-refractivity contribution in [1.29, 1.82) is 0 Å². The molecule has 0 saturated carbocycles. The zero-order valence-electron chi connectivity index (χ0n) is 10.8. The third kappa shape index (κ3) is 2.30. The molecule has 0 unspecified atom stereocenters. The van der Waals surface area contributed by atoms with E-state index in [2.05, 4.69) is 6.92 Å². The Morgan fingerprint density at radius 3 is 2.67 bits per heavy atom. The van der Waals surface area contributed by atoms with E-state index >= 15 is 0 Å². The summed E-state index contributed by atoms with van der Waals surface area (Å²) in [5, 5.41) is 2.00. The molecular weight excluding hydrogens is 228 g/mol. The van der Waals surface area contributed by atoms with Crippen molar-refractivity contribution >= 4 is 16.7 Å². The van der Waals surface area contributed by atoms with Gasteiger partial charge in [-0.1, -0.05) is 25.1 Å². The van der Waals surface area contributed by atoms with Crippen LogP contribution in [0.5, 0.6) is 11.5 Å². The fourth-order valence-electron chi connectivity index (χ4n) is 2.08. The molecule has 0 spiro atoms. The number of hydrogen-bond donors (Lipinski definition) is 0. The first-order chi connectivity index (χ1) is 8.65. The number of esters is 1. The summed E-state index contributed by atoms with van der Waals surface area (Å²) >= 11 is 0. The normalized spacial score (nSPS) is 10.4. The van der Waals surface area contributed by atoms with Gasteiger partial charge in [0, 0.05) is 18.4 Å². The van der Waals surface area contributed by atoms with Crippen molar-refractivity contribution in [2.75, 3.05) is 7.11 Å². The standard InChI is InChI=1S/C15H16O3/c1-4-11-6-5-7-12-8-13(17-3)9-14(15(11)12)18-10(2)16/h5-9H,4H2,1-3H3. The number of carbonyl (C=O) groups excluding carboxylic acids is 1. The molecule has 0 aliphatic heterocycles. The lowest BCUT2D eigenvalue weighted by Crippen LogP contribution is -2.03. The molecule has 0 N–H and O–H groups in total. The second kappa shape index (κ2) is 5.08. The predicted molar refractivity (Wildman–Crippen MR) is 71.2 cm³/mol. The minimum atomic E-state index is -0.324. The summed E-state index contributed by atoms with van der Waals surface area (Å²) in [6.45, 7) is 3.48. The van der Waals surface area contributed by atoms with Gasteiger partial charge in [-0.3, -0.25) is 4.79 Å². The first kappa shape index (κ1) is 12.4. The van der Waals surface area contributed by atoms with Crippen LogP contribution in [0.3, 0.4) is 0 Å². The van der Waals surface area contributed by atoms with Gasteiger partial charge in [0.15, 0.2) is 0 Å². The molecule has 94 valence electrons. The SMILES string of the molecule is CCc1cccc2cc(OC)cc(OC(C)=O)c12. The van der Waals surface area contributed by atoms with Crippen molar-refractivity contribution in [3.63, 3.8) is 0 Å². The Morgan fingerprint density at radius 1 is 1.28 bits per heavy atom. The molecule has 18 heavy (non-hydrogen) atoms. The van der Waals surface area contributed by atoms with Gasteiger partial charge >= 0.3 is 5.97 Å². The second-order valence-electron chi connectivity index (χ2n) is 4.09. The van der Waals surface area contributed by atoms with Crippen molar-refractivity contribution in [2.45, 2.75) is 20.3 Å². The lowest BCUT2D eigenvalue weighted by Gasteiger charge is -2.12. The first-order valence-corrected chi connectivity index (χ1v) is 5.93. The smallest absolute Gasteiger partial charge is 0.308 e. The van der Waals surface area contributed by atoms with Gasteiger partial charge in [0.1, 0.15) is 11.5 Å². The number of rotatable bonds is 3. The van der Waals surface area contributed by atoms with Crippen LogP contribution in [0.2, 0.25) is 0 Å². The van der Waals surface area contributed by atoms with E-state index in [0.29, 0.717) is 11.5 Å². The molecule has 3 nitrogen and oxygen atoms in total. The highest BCUT2D eigenvalue weighted by molar-refractivity contribution is 5.94. The highest BCUT2D eigenvalue weighted by Crippen LogP contribution is 2.34. The monoisotopic (exact) mass is 244 g/mol. The van der Waals surface area contributed by atoms with Crippen molar-refractivity contribution in [1.82, 2.24) is 0 Å². The van der Waals surface area contributed by atoms with E-state index in [-0.39, 0.29) is 5.97 Å². The molecule has 0 amide bonds. The minimum absolute atomic E-state index is 0.324. The summed E-state index contributed by atoms with van der Waals surface area (Å²) in [6.07, 6.45) is 0.887. The van der Waals surface area contributed by atoms with Crippen LogP contribution in [0.1, 0.15) is 19.4 Å². The van der Waals surface area contributed by atoms with Crippen molar-refractivity contribution in [3.8, 4) is 11.5 Å². The highest BCUT2D eigenvalue weighted by atomic mass is 16.5. The van der Waals surface area contributed by atoms with Crippen LogP contribution in [-0.4, -0.2) is 13.1 Å². The van der Waals surface area contributed by atoms with Gasteiger partial charge in [-0.25, -0.2) is 0 Å². The van der Waals surface area contributed by atoms with Gasteiger partial charge in [-0.15, -0.1) is 0 Å². The maximum atomic E-state index is 11.2. The molecule has 2 aromatic rings. The minimum Gasteiger partial charge on any atom is -0.497 e. The Kier molecular flexibility index (Phi) is 3.51. The number of carbonyl (C=O) groups is 1. The number of hydrogen-bond acceptors (Lipinski definition) is 3. The van der Waals surface area contributed by atoms with E-state index in [1.807, 2.05) is 24.3 Å². The van der Waals surface area contributed by atoms with E-state index in [1.165, 1.54) is 6.92 Å². The number of benzene rings is 2.